The van der Waals surface area contributed by atoms with Crippen LogP contribution in [0.4, 0.5) is 23.0 Å². The molecule has 0 amide bonds. The van der Waals surface area contributed by atoms with E-state index in [1.165, 1.54) is 0 Å². The Morgan fingerprint density at radius 3 is 1.40 bits per heavy atom. The van der Waals surface area contributed by atoms with Crippen molar-refractivity contribution in [3.8, 4) is 51.0 Å². The van der Waals surface area contributed by atoms with Gasteiger partial charge in [-0.25, -0.2) is 19.9 Å². The number of fused-ring (bicyclic) bond motifs is 5. The summed E-state index contributed by atoms with van der Waals surface area (Å²) in [5, 5.41) is 2.11. The van der Waals surface area contributed by atoms with E-state index in [9.17, 15) is 0 Å². The number of nitrogens with zero attached hydrogens (tertiary/aromatic N) is 7. The van der Waals surface area contributed by atoms with E-state index >= 15 is 0 Å². The summed E-state index contributed by atoms with van der Waals surface area (Å²) in [5.74, 6) is 1.13. The van der Waals surface area contributed by atoms with Gasteiger partial charge in [0.25, 0.3) is 0 Å². The summed E-state index contributed by atoms with van der Waals surface area (Å²) in [6.45, 7) is 10.9. The van der Waals surface area contributed by atoms with Crippen LogP contribution < -0.4 is 9.80 Å². The highest BCUT2D eigenvalue weighted by molar-refractivity contribution is 6.13. The van der Waals surface area contributed by atoms with Crippen molar-refractivity contribution in [3.05, 3.63) is 248 Å². The molecule has 4 heterocycles. The van der Waals surface area contributed by atoms with Gasteiger partial charge in [-0.15, -0.1) is 0 Å². The molecule has 0 saturated carbocycles. The van der Waals surface area contributed by atoms with Crippen molar-refractivity contribution in [2.45, 2.75) is 33.6 Å². The Kier molecular flexibility index (Phi) is 11.8. The molecule has 70 heavy (non-hydrogen) atoms. The number of hydrogen-bond acceptors (Lipinski definition) is 6. The van der Waals surface area contributed by atoms with E-state index in [0.29, 0.717) is 11.9 Å². The standard InChI is InChI=1S/C61H45N7.C2H6/c1-41-36-42(2)66(47-30-16-7-17-31-47)59-40-57-50(49-33-19-21-35-56(49)67(57)60-62-51(43-22-8-3-9-23-43)38-52(63-60)44-24-10-4-11-25-44)37-58(59)68(55-34-20-18-32-48(41)55)61-64-53(45-26-12-5-13-27-45)39-54(65-61)46-28-14-6-15-29-46;1-2/h3-17,19,21-40H,1,18,20H2,2H3;1-2H3/b42-36+;. The van der Waals surface area contributed by atoms with Crippen LogP contribution in [0, 0.1) is 0 Å². The third kappa shape index (κ3) is 8.07. The maximum Gasteiger partial charge on any atom is 0.235 e. The van der Waals surface area contributed by atoms with Gasteiger partial charge in [-0.3, -0.25) is 9.47 Å². The average molecular weight is 906 g/mol. The Balaban J connectivity index is 0.00000263. The van der Waals surface area contributed by atoms with E-state index in [1.54, 1.807) is 0 Å². The van der Waals surface area contributed by atoms with Gasteiger partial charge in [0.2, 0.25) is 11.9 Å². The van der Waals surface area contributed by atoms with Gasteiger partial charge in [0.1, 0.15) is 0 Å². The predicted molar refractivity (Wildman–Crippen MR) is 291 cm³/mol. The van der Waals surface area contributed by atoms with Crippen LogP contribution in [0.2, 0.25) is 0 Å². The van der Waals surface area contributed by atoms with Crippen molar-refractivity contribution in [3.63, 3.8) is 0 Å². The van der Waals surface area contributed by atoms with Crippen molar-refractivity contribution >= 4 is 44.8 Å². The highest BCUT2D eigenvalue weighted by Crippen LogP contribution is 2.49. The molecule has 338 valence electrons. The highest BCUT2D eigenvalue weighted by Gasteiger charge is 2.32. The van der Waals surface area contributed by atoms with Gasteiger partial charge in [-0.2, -0.15) is 0 Å². The van der Waals surface area contributed by atoms with Gasteiger partial charge in [0.05, 0.1) is 50.9 Å². The summed E-state index contributed by atoms with van der Waals surface area (Å²) in [4.78, 5) is 26.4. The largest absolute Gasteiger partial charge is 0.312 e. The molecule has 2 aliphatic rings. The second-order valence-corrected chi connectivity index (χ2v) is 17.2. The molecule has 0 atom stereocenters. The van der Waals surface area contributed by atoms with Crippen LogP contribution in [0.15, 0.2) is 248 Å². The minimum absolute atomic E-state index is 0.556. The summed E-state index contributed by atoms with van der Waals surface area (Å²) in [6, 6.07) is 69.4. The maximum absolute atomic E-state index is 5.52. The summed E-state index contributed by atoms with van der Waals surface area (Å²) in [5.41, 5.74) is 16.1. The quantitative estimate of drug-likeness (QED) is 0.159. The molecule has 7 nitrogen and oxygen atoms in total. The normalized spacial score (nSPS) is 14.2. The van der Waals surface area contributed by atoms with Crippen LogP contribution in [-0.2, 0) is 0 Å². The summed E-state index contributed by atoms with van der Waals surface area (Å²) in [6.07, 6.45) is 8.60. The van der Waals surface area contributed by atoms with E-state index in [4.69, 9.17) is 26.5 Å². The number of anilines is 4. The third-order valence-electron chi connectivity index (χ3n) is 12.8. The zero-order valence-electron chi connectivity index (χ0n) is 39.5. The topological polar surface area (TPSA) is 63.0 Å². The number of hydrogen-bond donors (Lipinski definition) is 0. The molecule has 0 fully saturated rings. The second kappa shape index (κ2) is 19.0. The Hall–Kier alpha value is -8.94. The second-order valence-electron chi connectivity index (χ2n) is 17.2. The van der Waals surface area contributed by atoms with E-state index in [2.05, 4.69) is 215 Å². The minimum Gasteiger partial charge on any atom is -0.312 e. The van der Waals surface area contributed by atoms with Gasteiger partial charge in [-0.1, -0.05) is 190 Å². The zero-order valence-corrected chi connectivity index (χ0v) is 39.5. The Morgan fingerprint density at radius 2 is 0.871 bits per heavy atom. The smallest absolute Gasteiger partial charge is 0.235 e. The number of benzene rings is 7. The van der Waals surface area contributed by atoms with Crippen LogP contribution in [0.1, 0.15) is 33.6 Å². The lowest BCUT2D eigenvalue weighted by atomic mass is 9.95. The molecule has 1 aliphatic carbocycles. The molecule has 3 aromatic heterocycles. The molecule has 7 aromatic carbocycles. The average Bonchev–Trinajstić information content (AvgIpc) is 3.77. The molecule has 12 rings (SSSR count). The summed E-state index contributed by atoms with van der Waals surface area (Å²) < 4.78 is 2.23. The van der Waals surface area contributed by atoms with Crippen LogP contribution >= 0.6 is 0 Å². The number of para-hydroxylation sites is 2. The molecular weight excluding hydrogens is 855 g/mol. The van der Waals surface area contributed by atoms with E-state index in [-0.39, 0.29) is 0 Å². The fourth-order valence-electron chi connectivity index (χ4n) is 9.68. The number of aromatic nitrogens is 5. The Morgan fingerprint density at radius 1 is 0.429 bits per heavy atom. The van der Waals surface area contributed by atoms with Gasteiger partial charge in [-0.05, 0) is 73.9 Å². The third-order valence-corrected chi connectivity index (χ3v) is 12.8. The maximum atomic E-state index is 5.52. The van der Waals surface area contributed by atoms with Crippen molar-refractivity contribution in [2.75, 3.05) is 9.80 Å². The van der Waals surface area contributed by atoms with Gasteiger partial charge in [0.15, 0.2) is 0 Å². The first-order valence-corrected chi connectivity index (χ1v) is 24.1. The van der Waals surface area contributed by atoms with Gasteiger partial charge in [0, 0.05) is 50.0 Å². The van der Waals surface area contributed by atoms with Crippen molar-refractivity contribution in [1.82, 2.24) is 24.5 Å². The minimum atomic E-state index is 0.556. The zero-order chi connectivity index (χ0) is 47.6. The molecular formula is C63H51N7. The molecule has 7 heteroatoms. The molecule has 0 bridgehead atoms. The lowest BCUT2D eigenvalue weighted by Crippen LogP contribution is -2.24. The Bertz CT molecular complexity index is 3520. The van der Waals surface area contributed by atoms with Gasteiger partial charge >= 0.3 is 0 Å². The highest BCUT2D eigenvalue weighted by atomic mass is 15.3. The fourth-order valence-corrected chi connectivity index (χ4v) is 9.68. The van der Waals surface area contributed by atoms with E-state index in [0.717, 1.165) is 119 Å². The molecule has 0 radical (unpaired) electrons. The monoisotopic (exact) mass is 905 g/mol. The van der Waals surface area contributed by atoms with Crippen LogP contribution in [0.5, 0.6) is 0 Å². The van der Waals surface area contributed by atoms with E-state index < -0.39 is 0 Å². The Labute approximate surface area is 409 Å². The summed E-state index contributed by atoms with van der Waals surface area (Å²) in [7, 11) is 0. The lowest BCUT2D eigenvalue weighted by molar-refractivity contribution is 0.954. The molecule has 1 aliphatic heterocycles. The SMILES string of the molecule is C=C1/C=C(\C)N(c2ccccc2)c2cc3c(cc2N(c2nc(-c4ccccc4)cc(-c4ccccc4)n2)C2=CCCC=C12)c1ccccc1n3-c1nc(-c2ccccc2)cc(-c2ccccc2)n1.CC. The lowest BCUT2D eigenvalue weighted by Gasteiger charge is -2.33. The van der Waals surface area contributed by atoms with Crippen molar-refractivity contribution < 1.29 is 0 Å². The van der Waals surface area contributed by atoms with Gasteiger partial charge < -0.3 is 4.90 Å². The first-order chi connectivity index (χ1) is 34.6. The molecule has 0 unspecified atom stereocenters. The number of rotatable bonds is 7. The van der Waals surface area contributed by atoms with Crippen molar-refractivity contribution in [2.24, 2.45) is 0 Å². The predicted octanol–water partition coefficient (Wildman–Crippen LogP) is 16.4. The fraction of sp³-hybridized carbons (Fsp3) is 0.0794. The molecule has 0 N–H and O–H groups in total. The molecule has 10 aromatic rings. The van der Waals surface area contributed by atoms with Crippen molar-refractivity contribution in [1.29, 1.82) is 0 Å². The first kappa shape index (κ1) is 43.6. The van der Waals surface area contributed by atoms with Crippen LogP contribution in [0.25, 0.3) is 72.8 Å². The summed E-state index contributed by atoms with van der Waals surface area (Å²) >= 11 is 0. The van der Waals surface area contributed by atoms with Crippen LogP contribution in [0.3, 0.4) is 0 Å². The molecule has 0 saturated heterocycles. The van der Waals surface area contributed by atoms with Crippen LogP contribution in [-0.4, -0.2) is 24.5 Å². The first-order valence-electron chi connectivity index (χ1n) is 24.1. The number of allylic oxidation sites excluding steroid dienone is 5. The molecule has 0 spiro atoms. The van der Waals surface area contributed by atoms with E-state index in [1.807, 2.05) is 38.1 Å².